The standard InChI is InChI=1S/C18H34N2/c1-5-17(2,3)20(4)12-16(19)18-9-13-6-14(10-18)8-15(7-13)11-18/h13-16H,5-12,19H2,1-4H3. The lowest BCUT2D eigenvalue weighted by Gasteiger charge is -2.59. The Bertz CT molecular complexity index is 325. The third kappa shape index (κ3) is 2.43. The summed E-state index contributed by atoms with van der Waals surface area (Å²) in [7, 11) is 2.27. The molecule has 0 aromatic carbocycles. The number of hydrogen-bond donors (Lipinski definition) is 1. The third-order valence-electron chi connectivity index (χ3n) is 7.24. The molecule has 0 heterocycles. The van der Waals surface area contributed by atoms with Gasteiger partial charge in [0.2, 0.25) is 0 Å². The zero-order chi connectivity index (χ0) is 14.5. The van der Waals surface area contributed by atoms with Crippen LogP contribution in [0.25, 0.3) is 0 Å². The molecule has 0 aromatic heterocycles. The Kier molecular flexibility index (Phi) is 3.70. The highest BCUT2D eigenvalue weighted by atomic mass is 15.2. The molecule has 2 nitrogen and oxygen atoms in total. The Hall–Kier alpha value is -0.0800. The molecule has 0 aliphatic heterocycles. The van der Waals surface area contributed by atoms with E-state index < -0.39 is 0 Å². The summed E-state index contributed by atoms with van der Waals surface area (Å²) in [4.78, 5) is 2.51. The van der Waals surface area contributed by atoms with Crippen LogP contribution in [0, 0.1) is 23.2 Å². The van der Waals surface area contributed by atoms with Crippen molar-refractivity contribution < 1.29 is 0 Å². The second-order valence-corrected chi connectivity index (χ2v) is 8.93. The van der Waals surface area contributed by atoms with Gasteiger partial charge in [0.05, 0.1) is 0 Å². The van der Waals surface area contributed by atoms with E-state index in [-0.39, 0.29) is 5.54 Å². The Morgan fingerprint density at radius 3 is 1.95 bits per heavy atom. The maximum atomic E-state index is 6.78. The molecule has 4 fully saturated rings. The smallest absolute Gasteiger partial charge is 0.0225 e. The van der Waals surface area contributed by atoms with Crippen LogP contribution in [0.4, 0.5) is 0 Å². The first-order valence-corrected chi connectivity index (χ1v) is 8.81. The Morgan fingerprint density at radius 2 is 1.55 bits per heavy atom. The fourth-order valence-corrected chi connectivity index (χ4v) is 5.64. The van der Waals surface area contributed by atoms with Crippen molar-refractivity contribution in [3.8, 4) is 0 Å². The Balaban J connectivity index is 1.69. The molecule has 4 aliphatic rings. The lowest BCUT2D eigenvalue weighted by Crippen LogP contribution is -2.59. The minimum Gasteiger partial charge on any atom is -0.326 e. The second-order valence-electron chi connectivity index (χ2n) is 8.93. The van der Waals surface area contributed by atoms with Crippen LogP contribution < -0.4 is 5.73 Å². The molecule has 0 spiro atoms. The summed E-state index contributed by atoms with van der Waals surface area (Å²) in [6, 6.07) is 0.381. The molecule has 4 saturated carbocycles. The van der Waals surface area contributed by atoms with Gasteiger partial charge in [-0.15, -0.1) is 0 Å². The molecule has 4 rings (SSSR count). The molecule has 20 heavy (non-hydrogen) atoms. The average molecular weight is 278 g/mol. The fraction of sp³-hybridized carbons (Fsp3) is 1.00. The van der Waals surface area contributed by atoms with Gasteiger partial charge in [-0.1, -0.05) is 6.92 Å². The van der Waals surface area contributed by atoms with Crippen LogP contribution in [0.3, 0.4) is 0 Å². The van der Waals surface area contributed by atoms with E-state index in [4.69, 9.17) is 5.73 Å². The van der Waals surface area contributed by atoms with E-state index in [1.165, 1.54) is 44.9 Å². The van der Waals surface area contributed by atoms with Gasteiger partial charge < -0.3 is 5.73 Å². The number of hydrogen-bond acceptors (Lipinski definition) is 2. The molecule has 0 aromatic rings. The number of likely N-dealkylation sites (N-methyl/N-ethyl adjacent to an activating group) is 1. The van der Waals surface area contributed by atoms with Crippen LogP contribution in [0.2, 0.25) is 0 Å². The number of nitrogens with zero attached hydrogens (tertiary/aromatic N) is 1. The second kappa shape index (κ2) is 4.98. The molecule has 2 heteroatoms. The molecule has 1 atom stereocenters. The van der Waals surface area contributed by atoms with Gasteiger partial charge in [-0.25, -0.2) is 0 Å². The largest absolute Gasteiger partial charge is 0.326 e. The highest BCUT2D eigenvalue weighted by Crippen LogP contribution is 2.61. The van der Waals surface area contributed by atoms with Crippen LogP contribution in [0.5, 0.6) is 0 Å². The lowest BCUT2D eigenvalue weighted by molar-refractivity contribution is -0.0740. The Morgan fingerprint density at radius 1 is 1.10 bits per heavy atom. The van der Waals surface area contributed by atoms with Gasteiger partial charge in [-0.3, -0.25) is 4.90 Å². The first kappa shape index (κ1) is 14.8. The van der Waals surface area contributed by atoms with Crippen LogP contribution in [0.1, 0.15) is 65.7 Å². The summed E-state index contributed by atoms with van der Waals surface area (Å²) in [6.07, 6.45) is 10.0. The van der Waals surface area contributed by atoms with Crippen molar-refractivity contribution in [1.82, 2.24) is 4.90 Å². The van der Waals surface area contributed by atoms with Crippen molar-refractivity contribution in [2.75, 3.05) is 13.6 Å². The topological polar surface area (TPSA) is 29.3 Å². The number of nitrogens with two attached hydrogens (primary N) is 1. The van der Waals surface area contributed by atoms with Crippen LogP contribution in [0.15, 0.2) is 0 Å². The van der Waals surface area contributed by atoms with E-state index in [0.717, 1.165) is 24.3 Å². The molecule has 116 valence electrons. The predicted octanol–water partition coefficient (Wildman–Crippen LogP) is 3.65. The fourth-order valence-electron chi connectivity index (χ4n) is 5.64. The molecule has 4 aliphatic carbocycles. The zero-order valence-corrected chi connectivity index (χ0v) is 14.0. The van der Waals surface area contributed by atoms with Crippen molar-refractivity contribution in [3.05, 3.63) is 0 Å². The normalized spacial score (nSPS) is 41.4. The quantitative estimate of drug-likeness (QED) is 0.832. The zero-order valence-electron chi connectivity index (χ0n) is 14.0. The summed E-state index contributed by atoms with van der Waals surface area (Å²) < 4.78 is 0. The van der Waals surface area contributed by atoms with Crippen molar-refractivity contribution >= 4 is 0 Å². The average Bonchev–Trinajstić information content (AvgIpc) is 2.36. The monoisotopic (exact) mass is 278 g/mol. The van der Waals surface area contributed by atoms with Gasteiger partial charge in [0, 0.05) is 18.1 Å². The minimum absolute atomic E-state index is 0.278. The van der Waals surface area contributed by atoms with E-state index in [0.29, 0.717) is 11.5 Å². The van der Waals surface area contributed by atoms with Gasteiger partial charge >= 0.3 is 0 Å². The summed E-state index contributed by atoms with van der Waals surface area (Å²) in [5.74, 6) is 3.03. The molecule has 1 unspecified atom stereocenters. The molecular formula is C18H34N2. The predicted molar refractivity (Wildman–Crippen MR) is 85.6 cm³/mol. The maximum absolute atomic E-state index is 6.78. The van der Waals surface area contributed by atoms with Gasteiger partial charge in [0.25, 0.3) is 0 Å². The van der Waals surface area contributed by atoms with E-state index in [9.17, 15) is 0 Å². The van der Waals surface area contributed by atoms with Crippen molar-refractivity contribution in [2.45, 2.75) is 77.3 Å². The van der Waals surface area contributed by atoms with Gasteiger partial charge in [0.15, 0.2) is 0 Å². The van der Waals surface area contributed by atoms with E-state index in [2.05, 4.69) is 32.7 Å². The Labute approximate surface area is 125 Å². The summed E-state index contributed by atoms with van der Waals surface area (Å²) >= 11 is 0. The number of rotatable bonds is 5. The van der Waals surface area contributed by atoms with E-state index in [1.807, 2.05) is 0 Å². The molecule has 0 radical (unpaired) electrons. The lowest BCUT2D eigenvalue weighted by atomic mass is 9.47. The third-order valence-corrected chi connectivity index (χ3v) is 7.24. The highest BCUT2D eigenvalue weighted by molar-refractivity contribution is 5.06. The SMILES string of the molecule is CCC(C)(C)N(C)CC(N)C12CC3CC(CC(C3)C1)C2. The van der Waals surface area contributed by atoms with Gasteiger partial charge in [0.1, 0.15) is 0 Å². The maximum Gasteiger partial charge on any atom is 0.0225 e. The van der Waals surface area contributed by atoms with Crippen molar-refractivity contribution in [1.29, 1.82) is 0 Å². The van der Waals surface area contributed by atoms with Crippen LogP contribution in [-0.4, -0.2) is 30.1 Å². The van der Waals surface area contributed by atoms with Crippen LogP contribution >= 0.6 is 0 Å². The molecule has 0 amide bonds. The van der Waals surface area contributed by atoms with Crippen molar-refractivity contribution in [2.24, 2.45) is 28.9 Å². The van der Waals surface area contributed by atoms with Gasteiger partial charge in [-0.2, -0.15) is 0 Å². The summed E-state index contributed by atoms with van der Waals surface area (Å²) in [5, 5.41) is 0. The first-order chi connectivity index (χ1) is 9.34. The summed E-state index contributed by atoms with van der Waals surface area (Å²) in [5.41, 5.74) is 7.55. The van der Waals surface area contributed by atoms with Crippen LogP contribution in [-0.2, 0) is 0 Å². The van der Waals surface area contributed by atoms with Crippen molar-refractivity contribution in [3.63, 3.8) is 0 Å². The minimum atomic E-state index is 0.278. The van der Waals surface area contributed by atoms with E-state index >= 15 is 0 Å². The molecule has 4 bridgehead atoms. The van der Waals surface area contributed by atoms with E-state index in [1.54, 1.807) is 0 Å². The molecule has 0 saturated heterocycles. The highest BCUT2D eigenvalue weighted by Gasteiger charge is 2.53. The van der Waals surface area contributed by atoms with Gasteiger partial charge in [-0.05, 0) is 89.0 Å². The first-order valence-electron chi connectivity index (χ1n) is 8.81. The summed E-state index contributed by atoms with van der Waals surface area (Å²) in [6.45, 7) is 8.05. The molecular weight excluding hydrogens is 244 g/mol. The molecule has 2 N–H and O–H groups in total.